The molecule has 5 nitrogen and oxygen atoms in total. The van der Waals surface area contributed by atoms with Gasteiger partial charge in [-0.25, -0.2) is 13.1 Å². The molecule has 0 unspecified atom stereocenters. The summed E-state index contributed by atoms with van der Waals surface area (Å²) in [5.41, 5.74) is 1.13. The molecule has 1 rings (SSSR count). The number of unbranched alkanes of at least 4 members (excludes halogenated alkanes) is 3. The second-order valence-corrected chi connectivity index (χ2v) is 7.05. The highest BCUT2D eigenvalue weighted by Crippen LogP contribution is 2.11. The summed E-state index contributed by atoms with van der Waals surface area (Å²) in [5, 5.41) is 11.7. The minimum atomic E-state index is -3.38. The molecule has 0 heterocycles. The SMILES string of the molecule is CCc1ccc(S(=O)(=O)NCCCCCCNCCO)cc1. The van der Waals surface area contributed by atoms with Crippen LogP contribution in [0.2, 0.25) is 0 Å². The molecule has 126 valence electrons. The van der Waals surface area contributed by atoms with Gasteiger partial charge < -0.3 is 10.4 Å². The zero-order valence-corrected chi connectivity index (χ0v) is 14.2. The third-order valence-electron chi connectivity index (χ3n) is 3.50. The fourth-order valence-corrected chi connectivity index (χ4v) is 3.20. The zero-order valence-electron chi connectivity index (χ0n) is 13.3. The van der Waals surface area contributed by atoms with E-state index in [-0.39, 0.29) is 6.61 Å². The maximum absolute atomic E-state index is 12.1. The maximum Gasteiger partial charge on any atom is 0.240 e. The predicted octanol–water partition coefficient (Wildman–Crippen LogP) is 1.67. The van der Waals surface area contributed by atoms with Gasteiger partial charge in [-0.1, -0.05) is 31.9 Å². The molecule has 0 spiro atoms. The van der Waals surface area contributed by atoms with Crippen LogP contribution in [0, 0.1) is 0 Å². The molecule has 0 aliphatic rings. The Kier molecular flexibility index (Phi) is 9.31. The standard InChI is InChI=1S/C16H28N2O3S/c1-2-15-7-9-16(10-8-15)22(20,21)18-12-6-4-3-5-11-17-13-14-19/h7-10,17-19H,2-6,11-14H2,1H3. The van der Waals surface area contributed by atoms with E-state index >= 15 is 0 Å². The van der Waals surface area contributed by atoms with Crippen molar-refractivity contribution in [3.8, 4) is 0 Å². The molecule has 1 aromatic rings. The summed E-state index contributed by atoms with van der Waals surface area (Å²) in [6.07, 6.45) is 4.85. The first-order valence-electron chi connectivity index (χ1n) is 8.00. The number of aliphatic hydroxyl groups excluding tert-OH is 1. The van der Waals surface area contributed by atoms with Crippen molar-refractivity contribution in [1.82, 2.24) is 10.0 Å². The minimum Gasteiger partial charge on any atom is -0.395 e. The Morgan fingerprint density at radius 1 is 0.955 bits per heavy atom. The van der Waals surface area contributed by atoms with Crippen LogP contribution in [0.1, 0.15) is 38.2 Å². The topological polar surface area (TPSA) is 78.4 Å². The molecule has 3 N–H and O–H groups in total. The molecule has 0 atom stereocenters. The molecule has 22 heavy (non-hydrogen) atoms. The number of aliphatic hydroxyl groups is 1. The predicted molar refractivity (Wildman–Crippen MR) is 89.4 cm³/mol. The van der Waals surface area contributed by atoms with E-state index in [0.29, 0.717) is 18.0 Å². The lowest BCUT2D eigenvalue weighted by Gasteiger charge is -2.07. The van der Waals surface area contributed by atoms with Crippen LogP contribution in [0.25, 0.3) is 0 Å². The normalized spacial score (nSPS) is 11.7. The van der Waals surface area contributed by atoms with Crippen LogP contribution >= 0.6 is 0 Å². The highest BCUT2D eigenvalue weighted by atomic mass is 32.2. The average Bonchev–Trinajstić information content (AvgIpc) is 2.53. The molecule has 0 amide bonds. The molecule has 0 bridgehead atoms. The number of nitrogens with one attached hydrogen (secondary N) is 2. The van der Waals surface area contributed by atoms with Gasteiger partial charge in [-0.15, -0.1) is 0 Å². The number of rotatable bonds is 12. The first kappa shape index (κ1) is 19.1. The molecule has 0 aliphatic carbocycles. The lowest BCUT2D eigenvalue weighted by atomic mass is 10.2. The van der Waals surface area contributed by atoms with Crippen molar-refractivity contribution in [2.24, 2.45) is 0 Å². The Bertz CT molecular complexity index is 501. The molecular formula is C16H28N2O3S. The van der Waals surface area contributed by atoms with Crippen LogP contribution in [0.3, 0.4) is 0 Å². The first-order chi connectivity index (χ1) is 10.6. The van der Waals surface area contributed by atoms with Gasteiger partial charge in [-0.3, -0.25) is 0 Å². The lowest BCUT2D eigenvalue weighted by molar-refractivity contribution is 0.292. The second-order valence-electron chi connectivity index (χ2n) is 5.28. The molecule has 6 heteroatoms. The summed E-state index contributed by atoms with van der Waals surface area (Å²) in [7, 11) is -3.38. The Labute approximate surface area is 134 Å². The van der Waals surface area contributed by atoms with Crippen LogP contribution < -0.4 is 10.0 Å². The van der Waals surface area contributed by atoms with Crippen molar-refractivity contribution >= 4 is 10.0 Å². The van der Waals surface area contributed by atoms with Crippen molar-refractivity contribution in [3.63, 3.8) is 0 Å². The van der Waals surface area contributed by atoms with Crippen LogP contribution in [0.4, 0.5) is 0 Å². The van der Waals surface area contributed by atoms with Gasteiger partial charge in [0.25, 0.3) is 0 Å². The molecule has 0 saturated heterocycles. The second kappa shape index (κ2) is 10.7. The van der Waals surface area contributed by atoms with Crippen molar-refractivity contribution in [2.45, 2.75) is 43.9 Å². The van der Waals surface area contributed by atoms with E-state index in [2.05, 4.69) is 10.0 Å². The van der Waals surface area contributed by atoms with Gasteiger partial charge >= 0.3 is 0 Å². The molecular weight excluding hydrogens is 300 g/mol. The summed E-state index contributed by atoms with van der Waals surface area (Å²) in [4.78, 5) is 0.331. The van der Waals surface area contributed by atoms with Crippen LogP contribution in [0.15, 0.2) is 29.2 Å². The highest BCUT2D eigenvalue weighted by molar-refractivity contribution is 7.89. The van der Waals surface area contributed by atoms with Gasteiger partial charge in [0.15, 0.2) is 0 Å². The lowest BCUT2D eigenvalue weighted by Crippen LogP contribution is -2.24. The molecule has 0 aromatic heterocycles. The molecule has 1 aromatic carbocycles. The summed E-state index contributed by atoms with van der Waals surface area (Å²) in [6.45, 7) is 4.22. The van der Waals surface area contributed by atoms with Crippen molar-refractivity contribution in [1.29, 1.82) is 0 Å². The summed E-state index contributed by atoms with van der Waals surface area (Å²) >= 11 is 0. The minimum absolute atomic E-state index is 0.168. The number of sulfonamides is 1. The molecule has 0 fully saturated rings. The smallest absolute Gasteiger partial charge is 0.240 e. The van der Waals surface area contributed by atoms with Gasteiger partial charge in [0.05, 0.1) is 11.5 Å². The van der Waals surface area contributed by atoms with E-state index in [9.17, 15) is 8.42 Å². The van der Waals surface area contributed by atoms with Gasteiger partial charge in [-0.05, 0) is 43.5 Å². The van der Waals surface area contributed by atoms with E-state index in [1.165, 1.54) is 0 Å². The summed E-state index contributed by atoms with van der Waals surface area (Å²) in [5.74, 6) is 0. The van der Waals surface area contributed by atoms with E-state index < -0.39 is 10.0 Å². The molecule has 0 saturated carbocycles. The van der Waals surface area contributed by atoms with Gasteiger partial charge in [0.1, 0.15) is 0 Å². The highest BCUT2D eigenvalue weighted by Gasteiger charge is 2.12. The van der Waals surface area contributed by atoms with E-state index in [4.69, 9.17) is 5.11 Å². The van der Waals surface area contributed by atoms with Crippen LogP contribution in [0.5, 0.6) is 0 Å². The van der Waals surface area contributed by atoms with E-state index in [0.717, 1.165) is 44.2 Å². The zero-order chi connectivity index (χ0) is 16.3. The third kappa shape index (κ3) is 7.35. The Balaban J connectivity index is 2.20. The molecule has 0 radical (unpaired) electrons. The van der Waals surface area contributed by atoms with Crippen molar-refractivity contribution in [3.05, 3.63) is 29.8 Å². The summed E-state index contributed by atoms with van der Waals surface area (Å²) < 4.78 is 26.8. The average molecular weight is 328 g/mol. The van der Waals surface area contributed by atoms with Gasteiger partial charge in [0.2, 0.25) is 10.0 Å². The quantitative estimate of drug-likeness (QED) is 0.510. The summed E-state index contributed by atoms with van der Waals surface area (Å²) in [6, 6.07) is 7.03. The van der Waals surface area contributed by atoms with E-state index in [1.54, 1.807) is 12.1 Å². The monoisotopic (exact) mass is 328 g/mol. The van der Waals surface area contributed by atoms with Gasteiger partial charge in [0, 0.05) is 13.1 Å². The number of aryl methyl sites for hydroxylation is 1. The maximum atomic E-state index is 12.1. The van der Waals surface area contributed by atoms with Crippen LogP contribution in [-0.4, -0.2) is 39.8 Å². The largest absolute Gasteiger partial charge is 0.395 e. The van der Waals surface area contributed by atoms with Gasteiger partial charge in [-0.2, -0.15) is 0 Å². The number of hydrogen-bond donors (Lipinski definition) is 3. The van der Waals surface area contributed by atoms with Crippen LogP contribution in [-0.2, 0) is 16.4 Å². The fraction of sp³-hybridized carbons (Fsp3) is 0.625. The Morgan fingerprint density at radius 2 is 1.59 bits per heavy atom. The number of benzene rings is 1. The van der Waals surface area contributed by atoms with Crippen molar-refractivity contribution < 1.29 is 13.5 Å². The Morgan fingerprint density at radius 3 is 2.18 bits per heavy atom. The number of hydrogen-bond acceptors (Lipinski definition) is 4. The third-order valence-corrected chi connectivity index (χ3v) is 4.98. The molecule has 0 aliphatic heterocycles. The first-order valence-corrected chi connectivity index (χ1v) is 9.48. The fourth-order valence-electron chi connectivity index (χ4n) is 2.13. The van der Waals surface area contributed by atoms with E-state index in [1.807, 2.05) is 19.1 Å². The Hall–Kier alpha value is -0.950. The van der Waals surface area contributed by atoms with Crippen molar-refractivity contribution in [2.75, 3.05) is 26.2 Å².